The first-order valence-corrected chi connectivity index (χ1v) is 10.0. The normalized spacial score (nSPS) is 16.2. The van der Waals surface area contributed by atoms with Gasteiger partial charge in [-0.3, -0.25) is 0 Å². The molecule has 1 unspecified atom stereocenters. The Morgan fingerprint density at radius 3 is 1.88 bits per heavy atom. The summed E-state index contributed by atoms with van der Waals surface area (Å²) in [6.45, 7) is 0. The summed E-state index contributed by atoms with van der Waals surface area (Å²) < 4.78 is 21.8. The Hall–Kier alpha value is 0.739. The van der Waals surface area contributed by atoms with E-state index in [0.29, 0.717) is 0 Å². The van der Waals surface area contributed by atoms with E-state index in [1.165, 1.54) is 0 Å². The zero-order valence-electron chi connectivity index (χ0n) is 8.42. The van der Waals surface area contributed by atoms with Gasteiger partial charge in [-0.05, 0) is 0 Å². The molecule has 0 saturated carbocycles. The van der Waals surface area contributed by atoms with Gasteiger partial charge in [-0.25, -0.2) is 0 Å². The molecule has 0 aromatic rings. The maximum absolute atomic E-state index is 10.9. The number of aliphatic hydroxyl groups is 1. The van der Waals surface area contributed by atoms with Crippen LogP contribution in [-0.4, -0.2) is 49.7 Å². The second-order valence-electron chi connectivity index (χ2n) is 3.18. The zero-order valence-corrected chi connectivity index (χ0v) is 11.9. The molecule has 1 atom stereocenters. The second-order valence-corrected chi connectivity index (χ2v) is 9.44. The molecule has 0 spiro atoms. The first-order chi connectivity index (χ1) is 6.95. The van der Waals surface area contributed by atoms with Crippen LogP contribution >= 0.6 is 15.2 Å². The summed E-state index contributed by atoms with van der Waals surface area (Å²) in [4.78, 5) is 34.7. The predicted octanol–water partition coefficient (Wildman–Crippen LogP) is -1.19. The molecule has 0 aromatic heterocycles. The Morgan fingerprint density at radius 2 is 1.62 bits per heavy atom. The summed E-state index contributed by atoms with van der Waals surface area (Å²) in [6.07, 6.45) is -0.804. The van der Waals surface area contributed by atoms with E-state index in [-0.39, 0.29) is 21.4 Å². The van der Waals surface area contributed by atoms with Crippen molar-refractivity contribution in [2.45, 2.75) is 28.7 Å². The summed E-state index contributed by atoms with van der Waals surface area (Å²) in [6, 6.07) is 0. The van der Waals surface area contributed by atoms with Crippen LogP contribution in [0.4, 0.5) is 0 Å². The Bertz CT molecular complexity index is 303. The average Bonchev–Trinajstić information content (AvgIpc) is 2.09. The minimum atomic E-state index is -5.33. The van der Waals surface area contributed by atoms with Crippen molar-refractivity contribution in [1.82, 2.24) is 0 Å². The zero-order chi connectivity index (χ0) is 13.2. The summed E-state index contributed by atoms with van der Waals surface area (Å²) in [5.41, 5.74) is 5.48. The SMILES string of the molecule is C[Se]C(N)CCC(O)(P(=O)(O)O)P(=O)(O)O. The van der Waals surface area contributed by atoms with Crippen molar-refractivity contribution < 1.29 is 33.8 Å². The summed E-state index contributed by atoms with van der Waals surface area (Å²) in [7, 11) is -10.7. The molecular weight excluding hydrogens is 327 g/mol. The molecule has 11 heteroatoms. The Kier molecular flexibility index (Phi) is 5.85. The second kappa shape index (κ2) is 5.59. The van der Waals surface area contributed by atoms with Crippen molar-refractivity contribution in [2.24, 2.45) is 5.73 Å². The van der Waals surface area contributed by atoms with Gasteiger partial charge in [-0.2, -0.15) is 0 Å². The fourth-order valence-electron chi connectivity index (χ4n) is 0.915. The van der Waals surface area contributed by atoms with E-state index < -0.39 is 31.6 Å². The van der Waals surface area contributed by atoms with E-state index in [1.54, 1.807) is 5.82 Å². The van der Waals surface area contributed by atoms with Crippen molar-refractivity contribution in [1.29, 1.82) is 0 Å². The molecule has 8 nitrogen and oxygen atoms in total. The van der Waals surface area contributed by atoms with Crippen molar-refractivity contribution in [3.63, 3.8) is 0 Å². The van der Waals surface area contributed by atoms with Gasteiger partial charge >= 0.3 is 98.4 Å². The van der Waals surface area contributed by atoms with Crippen LogP contribution < -0.4 is 5.73 Å². The molecule has 0 aromatic carbocycles. The van der Waals surface area contributed by atoms with Crippen LogP contribution in [0.1, 0.15) is 12.8 Å². The molecule has 0 saturated heterocycles. The topological polar surface area (TPSA) is 161 Å². The number of nitrogens with two attached hydrogens (primary N) is 1. The fourth-order valence-corrected chi connectivity index (χ4v) is 3.85. The van der Waals surface area contributed by atoms with Crippen LogP contribution in [0.25, 0.3) is 0 Å². The van der Waals surface area contributed by atoms with Gasteiger partial charge in [-0.15, -0.1) is 0 Å². The molecule has 0 amide bonds. The molecule has 16 heavy (non-hydrogen) atoms. The minimum absolute atomic E-state index is 0.0370. The number of rotatable bonds is 6. The molecule has 0 aliphatic heterocycles. The number of hydrogen-bond donors (Lipinski definition) is 6. The summed E-state index contributed by atoms with van der Waals surface area (Å²) in [5, 5.41) is 6.12. The van der Waals surface area contributed by atoms with Gasteiger partial charge in [0.1, 0.15) is 0 Å². The van der Waals surface area contributed by atoms with Gasteiger partial charge < -0.3 is 0 Å². The van der Waals surface area contributed by atoms with Crippen molar-refractivity contribution >= 4 is 30.1 Å². The van der Waals surface area contributed by atoms with Crippen molar-refractivity contribution in [3.8, 4) is 0 Å². The molecule has 0 aliphatic rings. The van der Waals surface area contributed by atoms with Gasteiger partial charge in [0.25, 0.3) is 0 Å². The quantitative estimate of drug-likeness (QED) is 0.259. The van der Waals surface area contributed by atoms with Crippen LogP contribution in [0.3, 0.4) is 0 Å². The third kappa shape index (κ3) is 3.89. The first kappa shape index (κ1) is 16.7. The summed E-state index contributed by atoms with van der Waals surface area (Å²) in [5.74, 6) is 1.77. The molecule has 7 N–H and O–H groups in total. The van der Waals surface area contributed by atoms with E-state index in [9.17, 15) is 14.2 Å². The van der Waals surface area contributed by atoms with Crippen LogP contribution in [0.2, 0.25) is 5.82 Å². The molecule has 0 aliphatic carbocycles. The van der Waals surface area contributed by atoms with Crippen LogP contribution in [0.15, 0.2) is 0 Å². The van der Waals surface area contributed by atoms with Gasteiger partial charge in [0, 0.05) is 0 Å². The van der Waals surface area contributed by atoms with E-state index >= 15 is 0 Å². The fraction of sp³-hybridized carbons (Fsp3) is 1.00. The molecule has 0 rings (SSSR count). The molecule has 0 heterocycles. The molecule has 0 radical (unpaired) electrons. The van der Waals surface area contributed by atoms with Gasteiger partial charge in [0.05, 0.1) is 0 Å². The molecule has 0 bridgehead atoms. The maximum atomic E-state index is 10.9. The molecular formula is C5H15NO7P2Se. The standard InChI is InChI=1S/C5H15NO7P2Se/c1-16-4(6)2-3-5(7,14(8,9)10)15(11,12)13/h4,7H,2-3,6H2,1H3,(H2,8,9,10)(H2,11,12,13). The first-order valence-electron chi connectivity index (χ1n) is 4.08. The average molecular weight is 342 g/mol. The van der Waals surface area contributed by atoms with Gasteiger partial charge in [0.15, 0.2) is 0 Å². The third-order valence-corrected chi connectivity index (χ3v) is 7.64. The Balaban J connectivity index is 5.00. The van der Waals surface area contributed by atoms with Crippen molar-refractivity contribution in [3.05, 3.63) is 0 Å². The Morgan fingerprint density at radius 1 is 1.25 bits per heavy atom. The van der Waals surface area contributed by atoms with E-state index in [1.807, 2.05) is 0 Å². The molecule has 0 fully saturated rings. The molecule has 98 valence electrons. The number of hydrogen-bond acceptors (Lipinski definition) is 4. The van der Waals surface area contributed by atoms with Crippen LogP contribution in [0.5, 0.6) is 0 Å². The van der Waals surface area contributed by atoms with Crippen LogP contribution in [0, 0.1) is 0 Å². The van der Waals surface area contributed by atoms with Crippen molar-refractivity contribution in [2.75, 3.05) is 0 Å². The third-order valence-electron chi connectivity index (χ3n) is 2.00. The van der Waals surface area contributed by atoms with Gasteiger partial charge in [-0.1, -0.05) is 0 Å². The monoisotopic (exact) mass is 343 g/mol. The Labute approximate surface area is 98.7 Å². The predicted molar refractivity (Wildman–Crippen MR) is 57.9 cm³/mol. The van der Waals surface area contributed by atoms with E-state index in [4.69, 9.17) is 25.3 Å². The summed E-state index contributed by atoms with van der Waals surface area (Å²) >= 11 is -0.0370. The van der Waals surface area contributed by atoms with Gasteiger partial charge in [0.2, 0.25) is 0 Å². The van der Waals surface area contributed by atoms with Crippen LogP contribution in [-0.2, 0) is 9.13 Å². The van der Waals surface area contributed by atoms with E-state index in [2.05, 4.69) is 0 Å². The van der Waals surface area contributed by atoms with E-state index in [0.717, 1.165) is 0 Å².